The molecule has 1 amide bonds. The predicted octanol–water partition coefficient (Wildman–Crippen LogP) is 3.94. The normalized spacial score (nSPS) is 11.7. The summed E-state index contributed by atoms with van der Waals surface area (Å²) in [4.78, 5) is 24.8. The number of nitrogens with one attached hydrogen (secondary N) is 1. The van der Waals surface area contributed by atoms with Crippen molar-refractivity contribution in [2.45, 2.75) is 18.9 Å². The maximum absolute atomic E-state index is 12.6. The van der Waals surface area contributed by atoms with Gasteiger partial charge in [0.1, 0.15) is 11.8 Å². The van der Waals surface area contributed by atoms with Gasteiger partial charge in [-0.15, -0.1) is 0 Å². The minimum Gasteiger partial charge on any atom is -0.495 e. The van der Waals surface area contributed by atoms with E-state index in [1.807, 2.05) is 42.5 Å². The fourth-order valence-corrected chi connectivity index (χ4v) is 3.47. The first-order valence-electron chi connectivity index (χ1n) is 9.17. The molecule has 0 saturated carbocycles. The number of benzene rings is 3. The van der Waals surface area contributed by atoms with Crippen LogP contribution in [0.25, 0.3) is 10.8 Å². The molecule has 0 fully saturated rings. The van der Waals surface area contributed by atoms with E-state index in [-0.39, 0.29) is 18.7 Å². The van der Waals surface area contributed by atoms with Gasteiger partial charge in [-0.3, -0.25) is 4.79 Å². The fourth-order valence-electron chi connectivity index (χ4n) is 3.19. The Morgan fingerprint density at radius 2 is 1.69 bits per heavy atom. The molecule has 0 bridgehead atoms. The number of esters is 1. The third kappa shape index (κ3) is 5.27. The van der Waals surface area contributed by atoms with Crippen molar-refractivity contribution in [3.8, 4) is 5.75 Å². The molecule has 0 unspecified atom stereocenters. The van der Waals surface area contributed by atoms with Crippen LogP contribution in [0.15, 0.2) is 60.7 Å². The smallest absolute Gasteiger partial charge is 0.328 e. The van der Waals surface area contributed by atoms with Gasteiger partial charge in [0.2, 0.25) is 5.91 Å². The summed E-state index contributed by atoms with van der Waals surface area (Å²) in [7, 11) is 2.83. The van der Waals surface area contributed by atoms with Crippen molar-refractivity contribution in [3.05, 3.63) is 76.8 Å². The van der Waals surface area contributed by atoms with Gasteiger partial charge in [0, 0.05) is 6.42 Å². The molecule has 3 aromatic carbocycles. The Hall–Kier alpha value is -3.05. The lowest BCUT2D eigenvalue weighted by atomic mass is 10.0. The maximum Gasteiger partial charge on any atom is 0.328 e. The first-order chi connectivity index (χ1) is 14.0. The highest BCUT2D eigenvalue weighted by molar-refractivity contribution is 6.32. The molecule has 0 aliphatic heterocycles. The van der Waals surface area contributed by atoms with E-state index in [2.05, 4.69) is 5.32 Å². The van der Waals surface area contributed by atoms with Crippen LogP contribution in [0, 0.1) is 0 Å². The Balaban J connectivity index is 1.71. The molecule has 0 saturated heterocycles. The molecule has 1 N–H and O–H groups in total. The van der Waals surface area contributed by atoms with E-state index in [1.165, 1.54) is 14.2 Å². The molecule has 0 radical (unpaired) electrons. The Kier molecular flexibility index (Phi) is 6.73. The third-order valence-corrected chi connectivity index (χ3v) is 4.95. The van der Waals surface area contributed by atoms with Crippen LogP contribution in [0.2, 0.25) is 5.02 Å². The maximum atomic E-state index is 12.6. The van der Waals surface area contributed by atoms with Crippen LogP contribution in [0.1, 0.15) is 11.1 Å². The van der Waals surface area contributed by atoms with Gasteiger partial charge in [-0.25, -0.2) is 4.79 Å². The van der Waals surface area contributed by atoms with E-state index < -0.39 is 12.0 Å². The largest absolute Gasteiger partial charge is 0.495 e. The molecular formula is C23H22ClNO4. The highest BCUT2D eigenvalue weighted by Gasteiger charge is 2.22. The molecule has 29 heavy (non-hydrogen) atoms. The average molecular weight is 412 g/mol. The Bertz CT molecular complexity index is 1030. The minimum atomic E-state index is -0.808. The van der Waals surface area contributed by atoms with E-state index in [0.717, 1.165) is 21.9 Å². The number of carbonyl (C=O) groups is 2. The molecule has 0 aliphatic carbocycles. The van der Waals surface area contributed by atoms with Gasteiger partial charge in [0.05, 0.1) is 25.7 Å². The van der Waals surface area contributed by atoms with Gasteiger partial charge in [-0.2, -0.15) is 0 Å². The Morgan fingerprint density at radius 3 is 2.38 bits per heavy atom. The van der Waals surface area contributed by atoms with Crippen LogP contribution in [0.5, 0.6) is 5.75 Å². The van der Waals surface area contributed by atoms with Gasteiger partial charge in [-0.05, 0) is 34.0 Å². The molecule has 0 spiro atoms. The molecule has 5 nitrogen and oxygen atoms in total. The number of carbonyl (C=O) groups excluding carboxylic acids is 2. The van der Waals surface area contributed by atoms with E-state index in [4.69, 9.17) is 21.1 Å². The lowest BCUT2D eigenvalue weighted by Crippen LogP contribution is -2.43. The monoisotopic (exact) mass is 411 g/mol. The third-order valence-electron chi connectivity index (χ3n) is 4.66. The topological polar surface area (TPSA) is 64.6 Å². The molecule has 0 heterocycles. The van der Waals surface area contributed by atoms with Crippen LogP contribution >= 0.6 is 11.6 Å². The van der Waals surface area contributed by atoms with Crippen molar-refractivity contribution < 1.29 is 19.1 Å². The quantitative estimate of drug-likeness (QED) is 0.598. The summed E-state index contributed by atoms with van der Waals surface area (Å²) < 4.78 is 10.00. The number of methoxy groups -OCH3 is 2. The minimum absolute atomic E-state index is 0.168. The number of rotatable bonds is 7. The summed E-state index contributed by atoms with van der Waals surface area (Å²) in [5, 5.41) is 5.39. The van der Waals surface area contributed by atoms with Gasteiger partial charge >= 0.3 is 5.97 Å². The zero-order valence-corrected chi connectivity index (χ0v) is 17.0. The molecule has 3 aromatic rings. The fraction of sp³-hybridized carbons (Fsp3) is 0.217. The molecule has 150 valence electrons. The molecule has 6 heteroatoms. The first kappa shape index (κ1) is 20.7. The predicted molar refractivity (Wildman–Crippen MR) is 113 cm³/mol. The second-order valence-electron chi connectivity index (χ2n) is 6.67. The lowest BCUT2D eigenvalue weighted by molar-refractivity contribution is -0.145. The molecule has 3 rings (SSSR count). The Labute approximate surface area is 174 Å². The van der Waals surface area contributed by atoms with Gasteiger partial charge in [-0.1, -0.05) is 60.1 Å². The van der Waals surface area contributed by atoms with Crippen molar-refractivity contribution in [2.24, 2.45) is 0 Å². The van der Waals surface area contributed by atoms with Gasteiger partial charge in [0.15, 0.2) is 0 Å². The number of amides is 1. The zero-order chi connectivity index (χ0) is 20.8. The average Bonchev–Trinajstić information content (AvgIpc) is 2.72. The number of ether oxygens (including phenoxy) is 2. The van der Waals surface area contributed by atoms with Crippen LogP contribution in [-0.4, -0.2) is 32.1 Å². The van der Waals surface area contributed by atoms with E-state index >= 15 is 0 Å². The van der Waals surface area contributed by atoms with Crippen molar-refractivity contribution in [1.82, 2.24) is 5.32 Å². The van der Waals surface area contributed by atoms with Crippen LogP contribution in [0.4, 0.5) is 0 Å². The highest BCUT2D eigenvalue weighted by atomic mass is 35.5. The summed E-state index contributed by atoms with van der Waals surface area (Å²) in [5.74, 6) is -0.218. The lowest BCUT2D eigenvalue weighted by Gasteiger charge is -2.17. The molecule has 0 aromatic heterocycles. The summed E-state index contributed by atoms with van der Waals surface area (Å²) in [6.45, 7) is 0. The SMILES string of the molecule is COC(=O)[C@@H](Cc1ccc(OC)c(Cl)c1)NC(=O)Cc1ccc2ccccc2c1. The van der Waals surface area contributed by atoms with Crippen molar-refractivity contribution in [3.63, 3.8) is 0 Å². The van der Waals surface area contributed by atoms with E-state index in [1.54, 1.807) is 18.2 Å². The standard InChI is InChI=1S/C23H22ClNO4/c1-28-21-10-8-16(12-19(21)24)13-20(23(27)29-2)25-22(26)14-15-7-9-17-5-3-4-6-18(17)11-15/h3-12,20H,13-14H2,1-2H3,(H,25,26)/t20-/m1/s1. The van der Waals surface area contributed by atoms with E-state index in [0.29, 0.717) is 10.8 Å². The molecule has 0 aliphatic rings. The van der Waals surface area contributed by atoms with Crippen LogP contribution in [-0.2, 0) is 27.2 Å². The van der Waals surface area contributed by atoms with Crippen molar-refractivity contribution in [2.75, 3.05) is 14.2 Å². The number of hydrogen-bond donors (Lipinski definition) is 1. The summed E-state index contributed by atoms with van der Waals surface area (Å²) in [6, 6.07) is 18.3. The second-order valence-corrected chi connectivity index (χ2v) is 7.08. The van der Waals surface area contributed by atoms with Crippen LogP contribution in [0.3, 0.4) is 0 Å². The number of fused-ring (bicyclic) bond motifs is 1. The van der Waals surface area contributed by atoms with E-state index in [9.17, 15) is 9.59 Å². The zero-order valence-electron chi connectivity index (χ0n) is 16.3. The van der Waals surface area contributed by atoms with Crippen molar-refractivity contribution in [1.29, 1.82) is 0 Å². The van der Waals surface area contributed by atoms with Crippen LogP contribution < -0.4 is 10.1 Å². The van der Waals surface area contributed by atoms with Gasteiger partial charge < -0.3 is 14.8 Å². The number of hydrogen-bond acceptors (Lipinski definition) is 4. The first-order valence-corrected chi connectivity index (χ1v) is 9.55. The summed E-state index contributed by atoms with van der Waals surface area (Å²) in [5.41, 5.74) is 1.66. The number of halogens is 1. The summed E-state index contributed by atoms with van der Waals surface area (Å²) >= 11 is 6.16. The summed E-state index contributed by atoms with van der Waals surface area (Å²) in [6.07, 6.45) is 0.432. The second kappa shape index (κ2) is 9.43. The van der Waals surface area contributed by atoms with Gasteiger partial charge in [0.25, 0.3) is 0 Å². The highest BCUT2D eigenvalue weighted by Crippen LogP contribution is 2.25. The Morgan fingerprint density at radius 1 is 0.966 bits per heavy atom. The van der Waals surface area contributed by atoms with Crippen molar-refractivity contribution >= 4 is 34.2 Å². The molecule has 1 atom stereocenters. The molecular weight excluding hydrogens is 390 g/mol.